The zero-order valence-electron chi connectivity index (χ0n) is 12.5. The molecule has 7 heteroatoms. The average molecular weight is 400 g/mol. The van der Waals surface area contributed by atoms with Gasteiger partial charge in [-0.2, -0.15) is 0 Å². The molecule has 1 aromatic rings. The molecule has 0 aromatic heterocycles. The summed E-state index contributed by atoms with van der Waals surface area (Å²) in [6.45, 7) is 6.34. The topological polar surface area (TPSA) is 52.6 Å². The van der Waals surface area contributed by atoms with Gasteiger partial charge in [0.15, 0.2) is 21.3 Å². The summed E-state index contributed by atoms with van der Waals surface area (Å²) in [5, 5.41) is -1.38. The third-order valence-electron chi connectivity index (χ3n) is 3.05. The summed E-state index contributed by atoms with van der Waals surface area (Å²) in [5.74, 6) is 1.16. The largest absolute Gasteiger partial charge is 0.490 e. The first kappa shape index (κ1) is 18.6. The van der Waals surface area contributed by atoms with E-state index >= 15 is 0 Å². The molecule has 0 aliphatic carbocycles. The van der Waals surface area contributed by atoms with E-state index in [1.54, 1.807) is 19.1 Å². The highest BCUT2D eigenvalue weighted by atomic mass is 79.9. The van der Waals surface area contributed by atoms with Crippen LogP contribution >= 0.6 is 27.5 Å². The number of hydrogen-bond acceptors (Lipinski definition) is 4. The van der Waals surface area contributed by atoms with Crippen LogP contribution in [-0.2, 0) is 9.84 Å². The monoisotopic (exact) mass is 398 g/mol. The summed E-state index contributed by atoms with van der Waals surface area (Å²) >= 11 is 9.77. The molecule has 0 radical (unpaired) electrons. The molecule has 1 rings (SSSR count). The Bertz CT molecular complexity index is 589. The summed E-state index contributed by atoms with van der Waals surface area (Å²) in [4.78, 5) is 0. The molecule has 0 fully saturated rings. The van der Waals surface area contributed by atoms with E-state index in [4.69, 9.17) is 21.1 Å². The maximum absolute atomic E-state index is 11.7. The molecule has 0 bridgehead atoms. The second-order valence-corrected chi connectivity index (χ2v) is 8.35. The third-order valence-corrected chi connectivity index (χ3v) is 6.12. The predicted molar refractivity (Wildman–Crippen MR) is 89.4 cm³/mol. The Morgan fingerprint density at radius 2 is 1.67 bits per heavy atom. The van der Waals surface area contributed by atoms with Crippen LogP contribution in [0.25, 0.3) is 0 Å². The molecule has 0 saturated heterocycles. The van der Waals surface area contributed by atoms with Gasteiger partial charge in [0, 0.05) is 10.7 Å². The van der Waals surface area contributed by atoms with Crippen molar-refractivity contribution in [2.75, 3.05) is 19.5 Å². The Balaban J connectivity index is 3.27. The summed E-state index contributed by atoms with van der Waals surface area (Å²) < 4.78 is 35.1. The van der Waals surface area contributed by atoms with Gasteiger partial charge in [-0.1, -0.05) is 15.9 Å². The highest BCUT2D eigenvalue weighted by molar-refractivity contribution is 9.10. The standard InChI is InChI=1S/C14H20BrClO4S/c1-5-19-12-7-10(11(15)8-13(12)20-6-2)14(16)9(3)21(4,17)18/h7-9,14H,5-6H2,1-4H3. The summed E-state index contributed by atoms with van der Waals surface area (Å²) in [7, 11) is -3.24. The first-order chi connectivity index (χ1) is 9.72. The lowest BCUT2D eigenvalue weighted by Gasteiger charge is -2.20. The van der Waals surface area contributed by atoms with Crippen LogP contribution in [-0.4, -0.2) is 33.1 Å². The van der Waals surface area contributed by atoms with E-state index in [0.717, 1.165) is 0 Å². The van der Waals surface area contributed by atoms with Crippen molar-refractivity contribution in [3.63, 3.8) is 0 Å². The van der Waals surface area contributed by atoms with Crippen LogP contribution in [0.1, 0.15) is 31.7 Å². The molecule has 120 valence electrons. The zero-order chi connectivity index (χ0) is 16.2. The van der Waals surface area contributed by atoms with E-state index in [9.17, 15) is 8.42 Å². The second kappa shape index (κ2) is 7.70. The molecule has 0 N–H and O–H groups in total. The van der Waals surface area contributed by atoms with Gasteiger partial charge >= 0.3 is 0 Å². The van der Waals surface area contributed by atoms with Gasteiger partial charge in [-0.3, -0.25) is 0 Å². The number of sulfone groups is 1. The quantitative estimate of drug-likeness (QED) is 0.651. The normalized spacial score (nSPS) is 14.6. The second-order valence-electron chi connectivity index (χ2n) is 4.62. The first-order valence-electron chi connectivity index (χ1n) is 6.64. The van der Waals surface area contributed by atoms with E-state index in [1.807, 2.05) is 13.8 Å². The number of hydrogen-bond donors (Lipinski definition) is 0. The highest BCUT2D eigenvalue weighted by Crippen LogP contribution is 2.40. The van der Waals surface area contributed by atoms with E-state index in [1.165, 1.54) is 6.26 Å². The minimum absolute atomic E-state index is 0.482. The number of rotatable bonds is 7. The minimum Gasteiger partial charge on any atom is -0.490 e. The molecule has 0 spiro atoms. The Morgan fingerprint density at radius 1 is 1.19 bits per heavy atom. The zero-order valence-corrected chi connectivity index (χ0v) is 15.7. The Kier molecular flexibility index (Phi) is 6.81. The Morgan fingerprint density at radius 3 is 2.10 bits per heavy atom. The van der Waals surface area contributed by atoms with Crippen molar-refractivity contribution in [2.24, 2.45) is 0 Å². The van der Waals surface area contributed by atoms with Gasteiger partial charge in [0.1, 0.15) is 0 Å². The van der Waals surface area contributed by atoms with E-state index < -0.39 is 20.5 Å². The van der Waals surface area contributed by atoms with Crippen LogP contribution in [0.15, 0.2) is 16.6 Å². The van der Waals surface area contributed by atoms with Crippen LogP contribution in [0.3, 0.4) is 0 Å². The van der Waals surface area contributed by atoms with Crippen molar-refractivity contribution >= 4 is 37.4 Å². The smallest absolute Gasteiger partial charge is 0.162 e. The van der Waals surface area contributed by atoms with Crippen LogP contribution in [0.2, 0.25) is 0 Å². The average Bonchev–Trinajstić information content (AvgIpc) is 2.39. The maximum atomic E-state index is 11.7. The lowest BCUT2D eigenvalue weighted by Crippen LogP contribution is -2.21. The molecule has 0 aliphatic heterocycles. The van der Waals surface area contributed by atoms with Gasteiger partial charge < -0.3 is 9.47 Å². The Labute approximate surface area is 139 Å². The first-order valence-corrected chi connectivity index (χ1v) is 9.82. The molecule has 0 saturated carbocycles. The molecular formula is C14H20BrClO4S. The van der Waals surface area contributed by atoms with Gasteiger partial charge in [0.25, 0.3) is 0 Å². The molecular weight excluding hydrogens is 380 g/mol. The number of benzene rings is 1. The molecule has 0 amide bonds. The molecule has 4 nitrogen and oxygen atoms in total. The van der Waals surface area contributed by atoms with Gasteiger partial charge in [-0.05, 0) is 38.5 Å². The van der Waals surface area contributed by atoms with Crippen LogP contribution in [0, 0.1) is 0 Å². The minimum atomic E-state index is -3.24. The fraction of sp³-hybridized carbons (Fsp3) is 0.571. The predicted octanol–water partition coefficient (Wildman–Crippen LogP) is 3.96. The van der Waals surface area contributed by atoms with E-state index in [2.05, 4.69) is 15.9 Å². The summed E-state index contributed by atoms with van der Waals surface area (Å²) in [6, 6.07) is 3.49. The fourth-order valence-corrected chi connectivity index (χ4v) is 3.79. The molecule has 2 atom stereocenters. The van der Waals surface area contributed by atoms with Crippen LogP contribution < -0.4 is 9.47 Å². The van der Waals surface area contributed by atoms with Crippen molar-refractivity contribution in [3.8, 4) is 11.5 Å². The SMILES string of the molecule is CCOc1cc(Br)c(C(Cl)C(C)S(C)(=O)=O)cc1OCC. The van der Waals surface area contributed by atoms with Gasteiger partial charge in [0.2, 0.25) is 0 Å². The van der Waals surface area contributed by atoms with Gasteiger partial charge in [0.05, 0.1) is 23.8 Å². The van der Waals surface area contributed by atoms with Crippen LogP contribution in [0.4, 0.5) is 0 Å². The summed E-state index contributed by atoms with van der Waals surface area (Å²) in [6.07, 6.45) is 1.18. The number of halogens is 2. The van der Waals surface area contributed by atoms with Gasteiger partial charge in [-0.25, -0.2) is 8.42 Å². The summed E-state index contributed by atoms with van der Waals surface area (Å²) in [5.41, 5.74) is 0.668. The maximum Gasteiger partial charge on any atom is 0.162 e. The third kappa shape index (κ3) is 4.76. The van der Waals surface area contributed by atoms with Crippen LogP contribution in [0.5, 0.6) is 11.5 Å². The van der Waals surface area contributed by atoms with Crippen molar-refractivity contribution in [2.45, 2.75) is 31.4 Å². The lowest BCUT2D eigenvalue weighted by atomic mass is 10.1. The van der Waals surface area contributed by atoms with Crippen molar-refractivity contribution in [1.82, 2.24) is 0 Å². The molecule has 21 heavy (non-hydrogen) atoms. The molecule has 0 heterocycles. The lowest BCUT2D eigenvalue weighted by molar-refractivity contribution is 0.287. The highest BCUT2D eigenvalue weighted by Gasteiger charge is 2.28. The molecule has 2 unspecified atom stereocenters. The van der Waals surface area contributed by atoms with Crippen molar-refractivity contribution in [1.29, 1.82) is 0 Å². The van der Waals surface area contributed by atoms with E-state index in [-0.39, 0.29) is 0 Å². The fourth-order valence-electron chi connectivity index (χ4n) is 1.77. The number of alkyl halides is 1. The number of ether oxygens (including phenoxy) is 2. The van der Waals surface area contributed by atoms with Crippen molar-refractivity contribution in [3.05, 3.63) is 22.2 Å². The molecule has 1 aromatic carbocycles. The molecule has 0 aliphatic rings. The van der Waals surface area contributed by atoms with Gasteiger partial charge in [-0.15, -0.1) is 11.6 Å². The van der Waals surface area contributed by atoms with Crippen molar-refractivity contribution < 1.29 is 17.9 Å². The Hall–Kier alpha value is -0.460. The van der Waals surface area contributed by atoms with E-state index in [0.29, 0.717) is 34.7 Å².